The molecule has 2 aliphatic heterocycles. The van der Waals surface area contributed by atoms with Crippen LogP contribution in [0.2, 0.25) is 5.02 Å². The zero-order valence-electron chi connectivity index (χ0n) is 14.2. The van der Waals surface area contributed by atoms with Crippen LogP contribution in [-0.2, 0) is 32.6 Å². The number of benzene rings is 1. The Bertz CT molecular complexity index is 902. The van der Waals surface area contributed by atoms with E-state index in [9.17, 15) is 0 Å². The number of halogens is 1. The van der Waals surface area contributed by atoms with Gasteiger partial charge in [0.2, 0.25) is 0 Å². The molecule has 130 valence electrons. The highest BCUT2D eigenvalue weighted by atomic mass is 35.5. The topological polar surface area (TPSA) is 48.9 Å². The highest BCUT2D eigenvalue weighted by Crippen LogP contribution is 2.32. The van der Waals surface area contributed by atoms with Crippen molar-refractivity contribution in [2.24, 2.45) is 0 Å². The Hall–Kier alpha value is -1.82. The fourth-order valence-corrected chi connectivity index (χ4v) is 4.34. The van der Waals surface area contributed by atoms with Gasteiger partial charge in [-0.15, -0.1) is 0 Å². The summed E-state index contributed by atoms with van der Waals surface area (Å²) in [5.41, 5.74) is 6.30. The van der Waals surface area contributed by atoms with Crippen LogP contribution in [-0.4, -0.2) is 32.8 Å². The third-order valence-electron chi connectivity index (χ3n) is 5.37. The summed E-state index contributed by atoms with van der Waals surface area (Å²) in [6.07, 6.45) is 2.19. The molecular formula is C19H22ClN5. The Labute approximate surface area is 152 Å². The second kappa shape index (κ2) is 6.16. The van der Waals surface area contributed by atoms with Crippen LogP contribution in [0.25, 0.3) is 10.9 Å². The summed E-state index contributed by atoms with van der Waals surface area (Å²) >= 11 is 6.35. The van der Waals surface area contributed by atoms with Gasteiger partial charge < -0.3 is 10.3 Å². The van der Waals surface area contributed by atoms with Gasteiger partial charge in [0.15, 0.2) is 0 Å². The molecule has 0 spiro atoms. The molecule has 0 atom stereocenters. The minimum Gasteiger partial charge on any atom is -0.357 e. The summed E-state index contributed by atoms with van der Waals surface area (Å²) in [7, 11) is 0. The van der Waals surface area contributed by atoms with Gasteiger partial charge in [-0.3, -0.25) is 9.58 Å². The summed E-state index contributed by atoms with van der Waals surface area (Å²) in [6, 6.07) is 8.43. The average molecular weight is 356 g/mol. The first-order chi connectivity index (χ1) is 12.3. The van der Waals surface area contributed by atoms with Crippen molar-refractivity contribution in [1.29, 1.82) is 0 Å². The monoisotopic (exact) mass is 355 g/mol. The summed E-state index contributed by atoms with van der Waals surface area (Å²) in [4.78, 5) is 6.02. The van der Waals surface area contributed by atoms with Gasteiger partial charge in [0.1, 0.15) is 0 Å². The van der Waals surface area contributed by atoms with Gasteiger partial charge in [-0.25, -0.2) is 0 Å². The lowest BCUT2D eigenvalue weighted by atomic mass is 10.0. The molecule has 0 unspecified atom stereocenters. The Morgan fingerprint density at radius 3 is 3.16 bits per heavy atom. The summed E-state index contributed by atoms with van der Waals surface area (Å²) < 4.78 is 2.18. The third-order valence-corrected chi connectivity index (χ3v) is 5.68. The number of para-hydroxylation sites is 1. The van der Waals surface area contributed by atoms with Gasteiger partial charge in [-0.1, -0.05) is 23.7 Å². The lowest BCUT2D eigenvalue weighted by Crippen LogP contribution is -2.30. The van der Waals surface area contributed by atoms with Crippen molar-refractivity contribution < 1.29 is 0 Å². The van der Waals surface area contributed by atoms with Gasteiger partial charge in [0.05, 0.1) is 21.9 Å². The molecule has 0 amide bonds. The van der Waals surface area contributed by atoms with Crippen LogP contribution < -0.4 is 5.32 Å². The summed E-state index contributed by atoms with van der Waals surface area (Å²) in [5, 5.41) is 10.4. The molecule has 0 saturated heterocycles. The molecule has 0 radical (unpaired) electrons. The molecule has 0 fully saturated rings. The first kappa shape index (κ1) is 15.4. The molecule has 0 saturated carbocycles. The normalized spacial score (nSPS) is 18.1. The lowest BCUT2D eigenvalue weighted by Gasteiger charge is -2.26. The molecule has 6 heteroatoms. The number of nitrogens with zero attached hydrogens (tertiary/aromatic N) is 3. The fraction of sp³-hybridized carbons (Fsp3) is 0.421. The van der Waals surface area contributed by atoms with Crippen molar-refractivity contribution in [1.82, 2.24) is 25.0 Å². The second-order valence-corrected chi connectivity index (χ2v) is 7.49. The van der Waals surface area contributed by atoms with Gasteiger partial charge in [0, 0.05) is 50.2 Å². The molecule has 2 aliphatic rings. The fourth-order valence-electron chi connectivity index (χ4n) is 4.12. The van der Waals surface area contributed by atoms with Crippen molar-refractivity contribution in [2.45, 2.75) is 39.0 Å². The number of fused-ring (bicyclic) bond motifs is 4. The summed E-state index contributed by atoms with van der Waals surface area (Å²) in [6.45, 7) is 5.95. The number of aromatic amines is 1. The Balaban J connectivity index is 1.39. The number of aryl methyl sites for hydroxylation is 1. The maximum absolute atomic E-state index is 6.35. The SMILES string of the molecule is Clc1cccc2c3c([nH]c12)CCN(Cc1cc2n(n1)CCCNC2)C3. The predicted octanol–water partition coefficient (Wildman–Crippen LogP) is 3.07. The van der Waals surface area contributed by atoms with Crippen molar-refractivity contribution in [2.75, 3.05) is 13.1 Å². The van der Waals surface area contributed by atoms with E-state index in [1.54, 1.807) is 0 Å². The molecule has 5 rings (SSSR count). The molecule has 4 heterocycles. The zero-order chi connectivity index (χ0) is 16.8. The smallest absolute Gasteiger partial charge is 0.0768 e. The van der Waals surface area contributed by atoms with E-state index in [1.165, 1.54) is 28.0 Å². The van der Waals surface area contributed by atoms with Crippen molar-refractivity contribution in [3.8, 4) is 0 Å². The van der Waals surface area contributed by atoms with Crippen LogP contribution in [0, 0.1) is 0 Å². The molecule has 0 bridgehead atoms. The molecule has 1 aromatic carbocycles. The molecule has 2 aromatic heterocycles. The van der Waals surface area contributed by atoms with E-state index in [0.717, 1.165) is 62.6 Å². The minimum absolute atomic E-state index is 0.809. The van der Waals surface area contributed by atoms with E-state index in [2.05, 4.69) is 32.0 Å². The van der Waals surface area contributed by atoms with E-state index >= 15 is 0 Å². The first-order valence-corrected chi connectivity index (χ1v) is 9.42. The minimum atomic E-state index is 0.809. The van der Waals surface area contributed by atoms with Crippen LogP contribution in [0.15, 0.2) is 24.3 Å². The Morgan fingerprint density at radius 1 is 1.24 bits per heavy atom. The highest BCUT2D eigenvalue weighted by molar-refractivity contribution is 6.35. The van der Waals surface area contributed by atoms with E-state index in [4.69, 9.17) is 16.7 Å². The molecular weight excluding hydrogens is 334 g/mol. The van der Waals surface area contributed by atoms with Crippen LogP contribution in [0.3, 0.4) is 0 Å². The van der Waals surface area contributed by atoms with Crippen LogP contribution in [0.4, 0.5) is 0 Å². The quantitative estimate of drug-likeness (QED) is 0.742. The van der Waals surface area contributed by atoms with Gasteiger partial charge in [-0.2, -0.15) is 5.10 Å². The number of hydrogen-bond acceptors (Lipinski definition) is 3. The van der Waals surface area contributed by atoms with Crippen LogP contribution in [0.5, 0.6) is 0 Å². The number of hydrogen-bond donors (Lipinski definition) is 2. The molecule has 3 aromatic rings. The van der Waals surface area contributed by atoms with Crippen LogP contribution in [0.1, 0.15) is 29.1 Å². The number of nitrogens with one attached hydrogen (secondary N) is 2. The highest BCUT2D eigenvalue weighted by Gasteiger charge is 2.22. The lowest BCUT2D eigenvalue weighted by molar-refractivity contribution is 0.242. The molecule has 25 heavy (non-hydrogen) atoms. The second-order valence-electron chi connectivity index (χ2n) is 7.09. The molecule has 0 aliphatic carbocycles. The van der Waals surface area contributed by atoms with Gasteiger partial charge >= 0.3 is 0 Å². The molecule has 5 nitrogen and oxygen atoms in total. The van der Waals surface area contributed by atoms with E-state index in [1.807, 2.05) is 12.1 Å². The predicted molar refractivity (Wildman–Crippen MR) is 99.7 cm³/mol. The average Bonchev–Trinajstić information content (AvgIpc) is 3.10. The maximum atomic E-state index is 6.35. The largest absolute Gasteiger partial charge is 0.357 e. The molecule has 2 N–H and O–H groups in total. The van der Waals surface area contributed by atoms with E-state index < -0.39 is 0 Å². The number of aromatic nitrogens is 3. The maximum Gasteiger partial charge on any atom is 0.0768 e. The van der Waals surface area contributed by atoms with Gasteiger partial charge in [-0.05, 0) is 30.7 Å². The van der Waals surface area contributed by atoms with Crippen LogP contribution >= 0.6 is 11.6 Å². The van der Waals surface area contributed by atoms with Crippen molar-refractivity contribution in [3.05, 3.63) is 51.9 Å². The standard InChI is InChI=1S/C19H22ClN5/c20-17-4-1-3-15-16-12-24(8-5-18(16)22-19(15)17)11-13-9-14-10-21-6-2-7-25(14)23-13/h1,3-4,9,21-22H,2,5-8,10-12H2. The number of H-pyrrole nitrogens is 1. The Kier molecular flexibility index (Phi) is 3.81. The van der Waals surface area contributed by atoms with E-state index in [-0.39, 0.29) is 0 Å². The number of rotatable bonds is 2. The third kappa shape index (κ3) is 2.76. The van der Waals surface area contributed by atoms with Crippen molar-refractivity contribution in [3.63, 3.8) is 0 Å². The first-order valence-electron chi connectivity index (χ1n) is 9.04. The Morgan fingerprint density at radius 2 is 2.20 bits per heavy atom. The summed E-state index contributed by atoms with van der Waals surface area (Å²) in [5.74, 6) is 0. The van der Waals surface area contributed by atoms with Crippen molar-refractivity contribution >= 4 is 22.5 Å². The van der Waals surface area contributed by atoms with Gasteiger partial charge in [0.25, 0.3) is 0 Å². The van der Waals surface area contributed by atoms with E-state index in [0.29, 0.717) is 0 Å². The zero-order valence-corrected chi connectivity index (χ0v) is 14.9.